The summed E-state index contributed by atoms with van der Waals surface area (Å²) in [7, 11) is 0. The van der Waals surface area contributed by atoms with Gasteiger partial charge in [0, 0.05) is 6.04 Å². The Morgan fingerprint density at radius 2 is 1.97 bits per heavy atom. The fraction of sp³-hybridized carbons (Fsp3) is 0.500. The number of hydrogen-bond donors (Lipinski definition) is 3. The van der Waals surface area contributed by atoms with Crippen LogP contribution in [0.3, 0.4) is 0 Å². The highest BCUT2D eigenvalue weighted by atomic mass is 79.9. The van der Waals surface area contributed by atoms with Crippen LogP contribution in [0, 0.1) is 23.2 Å². The molecule has 2 bridgehead atoms. The van der Waals surface area contributed by atoms with Gasteiger partial charge in [-0.15, -0.1) is 0 Å². The van der Waals surface area contributed by atoms with E-state index >= 15 is 0 Å². The first kappa shape index (κ1) is 23.5. The van der Waals surface area contributed by atoms with E-state index in [1.165, 1.54) is 6.42 Å². The number of carboxylic acids is 1. The molecule has 8 nitrogen and oxygen atoms in total. The molecule has 0 radical (unpaired) electrons. The Hall–Kier alpha value is -2.68. The van der Waals surface area contributed by atoms with Gasteiger partial charge in [0.1, 0.15) is 11.0 Å². The average Bonchev–Trinajstić information content (AvgIpc) is 2.78. The second-order valence-electron chi connectivity index (χ2n) is 9.79. The summed E-state index contributed by atoms with van der Waals surface area (Å²) in [6.07, 6.45) is 3.87. The van der Waals surface area contributed by atoms with Crippen LogP contribution < -0.4 is 16.2 Å². The lowest BCUT2D eigenvalue weighted by Gasteiger charge is -2.62. The number of carboxylic acid groups (broad SMARTS) is 1. The smallest absolute Gasteiger partial charge is 0.330 e. The Morgan fingerprint density at radius 3 is 2.58 bits per heavy atom. The summed E-state index contributed by atoms with van der Waals surface area (Å²) >= 11 is 3.37. The first-order valence-corrected chi connectivity index (χ1v) is 12.0. The number of halogens is 1. The van der Waals surface area contributed by atoms with E-state index in [0.29, 0.717) is 38.9 Å². The van der Waals surface area contributed by atoms with E-state index in [4.69, 9.17) is 0 Å². The molecule has 3 N–H and O–H groups in total. The largest absolute Gasteiger partial charge is 0.479 e. The van der Waals surface area contributed by atoms with Crippen LogP contribution in [0.2, 0.25) is 0 Å². The molecule has 3 fully saturated rings. The lowest BCUT2D eigenvalue weighted by atomic mass is 9.45. The minimum atomic E-state index is -1.21. The Balaban J connectivity index is 1.44. The molecule has 3 aliphatic carbocycles. The van der Waals surface area contributed by atoms with E-state index in [9.17, 15) is 19.5 Å². The number of carbonyl (C=O) groups is 2. The Labute approximate surface area is 200 Å². The molecule has 0 spiro atoms. The van der Waals surface area contributed by atoms with E-state index in [2.05, 4.69) is 52.4 Å². The van der Waals surface area contributed by atoms with Crippen LogP contribution >= 0.6 is 15.9 Å². The average molecular weight is 517 g/mol. The molecule has 176 valence electrons. The first-order valence-electron chi connectivity index (χ1n) is 11.2. The van der Waals surface area contributed by atoms with Crippen molar-refractivity contribution in [1.82, 2.24) is 15.1 Å². The van der Waals surface area contributed by atoms with E-state index in [0.717, 1.165) is 11.1 Å². The van der Waals surface area contributed by atoms with Gasteiger partial charge in [-0.25, -0.2) is 9.48 Å². The molecule has 3 aliphatic rings. The molecule has 0 aliphatic heterocycles. The molecule has 1 aromatic heterocycles. The molecule has 1 heterocycles. The molecule has 5 atom stereocenters. The van der Waals surface area contributed by atoms with Crippen LogP contribution in [-0.2, 0) is 16.1 Å². The van der Waals surface area contributed by atoms with Crippen molar-refractivity contribution in [2.75, 3.05) is 5.32 Å². The van der Waals surface area contributed by atoms with Gasteiger partial charge in [0.15, 0.2) is 6.04 Å². The first-order chi connectivity index (χ1) is 15.6. The van der Waals surface area contributed by atoms with Crippen LogP contribution in [0.15, 0.2) is 45.8 Å². The van der Waals surface area contributed by atoms with Crippen LogP contribution in [0.4, 0.5) is 5.69 Å². The maximum Gasteiger partial charge on any atom is 0.330 e. The molecule has 3 saturated carbocycles. The van der Waals surface area contributed by atoms with Crippen molar-refractivity contribution in [3.05, 3.63) is 56.9 Å². The number of fused-ring (bicyclic) bond motifs is 2. The Morgan fingerprint density at radius 1 is 1.27 bits per heavy atom. The van der Waals surface area contributed by atoms with Crippen LogP contribution in [-0.4, -0.2) is 32.8 Å². The highest BCUT2D eigenvalue weighted by Crippen LogP contribution is 2.61. The van der Waals surface area contributed by atoms with Crippen molar-refractivity contribution >= 4 is 33.5 Å². The zero-order chi connectivity index (χ0) is 23.9. The van der Waals surface area contributed by atoms with Gasteiger partial charge in [0.05, 0.1) is 11.9 Å². The van der Waals surface area contributed by atoms with Crippen molar-refractivity contribution in [3.8, 4) is 0 Å². The molecular formula is C24H29BrN4O4. The number of aromatic nitrogens is 2. The summed E-state index contributed by atoms with van der Waals surface area (Å²) in [4.78, 5) is 37.0. The van der Waals surface area contributed by atoms with Gasteiger partial charge >= 0.3 is 5.97 Å². The minimum absolute atomic E-state index is 0.264. The van der Waals surface area contributed by atoms with Crippen molar-refractivity contribution < 1.29 is 14.7 Å². The summed E-state index contributed by atoms with van der Waals surface area (Å²) in [6.45, 7) is 6.56. The second-order valence-corrected chi connectivity index (χ2v) is 10.6. The maximum atomic E-state index is 12.8. The fourth-order valence-corrected chi connectivity index (χ4v) is 5.92. The number of hydrogen-bond acceptors (Lipinski definition) is 5. The predicted molar refractivity (Wildman–Crippen MR) is 128 cm³/mol. The lowest BCUT2D eigenvalue weighted by Crippen LogP contribution is -2.58. The van der Waals surface area contributed by atoms with Crippen molar-refractivity contribution in [2.45, 2.75) is 52.2 Å². The van der Waals surface area contributed by atoms with Crippen LogP contribution in [0.25, 0.3) is 0 Å². The summed E-state index contributed by atoms with van der Waals surface area (Å²) in [6, 6.07) is 7.46. The molecule has 1 unspecified atom stereocenters. The lowest BCUT2D eigenvalue weighted by molar-refractivity contribution is -0.142. The molecule has 1 aromatic carbocycles. The quantitative estimate of drug-likeness (QED) is 0.519. The number of benzene rings is 1. The third-order valence-corrected chi connectivity index (χ3v) is 8.42. The van der Waals surface area contributed by atoms with Crippen LogP contribution in [0.5, 0.6) is 0 Å². The maximum absolute atomic E-state index is 12.8. The van der Waals surface area contributed by atoms with Gasteiger partial charge in [0.25, 0.3) is 5.56 Å². The van der Waals surface area contributed by atoms with Gasteiger partial charge in [-0.3, -0.25) is 9.59 Å². The normalized spacial score (nSPS) is 26.1. The molecule has 9 heteroatoms. The molecule has 2 aromatic rings. The molecule has 1 amide bonds. The minimum Gasteiger partial charge on any atom is -0.479 e. The zero-order valence-corrected chi connectivity index (χ0v) is 20.5. The third kappa shape index (κ3) is 4.43. The molecule has 0 saturated heterocycles. The molecule has 5 rings (SSSR count). The summed E-state index contributed by atoms with van der Waals surface area (Å²) in [5, 5.41) is 19.6. The third-order valence-electron chi connectivity index (χ3n) is 7.66. The number of rotatable bonds is 7. The van der Waals surface area contributed by atoms with Gasteiger partial charge < -0.3 is 15.7 Å². The number of aliphatic carboxylic acids is 1. The Bertz CT molecular complexity index is 1120. The second kappa shape index (κ2) is 8.93. The fourth-order valence-electron chi connectivity index (χ4n) is 5.49. The van der Waals surface area contributed by atoms with Gasteiger partial charge in [-0.05, 0) is 57.5 Å². The van der Waals surface area contributed by atoms with Gasteiger partial charge in [-0.2, -0.15) is 5.10 Å². The highest BCUT2D eigenvalue weighted by molar-refractivity contribution is 9.10. The number of amides is 1. The standard InChI is InChI=1S/C24H29BrN4O4/c1-13-16-9-15(24(16,2)3)10-17(13)27-18-11-26-29(22(31)20(18)25)12-19(30)28-21(23(32)33)14-7-5-4-6-8-14/h4-8,11,13,15-17,21,27H,9-10,12H2,1-3H3,(H,28,30)(H,32,33)/t13-,15+,16-,17-,21?/m1/s1. The van der Waals surface area contributed by atoms with Crippen molar-refractivity contribution in [2.24, 2.45) is 23.2 Å². The Kier molecular flexibility index (Phi) is 6.35. The van der Waals surface area contributed by atoms with Gasteiger partial charge in [-0.1, -0.05) is 51.1 Å². The van der Waals surface area contributed by atoms with E-state index in [1.807, 2.05) is 0 Å². The van der Waals surface area contributed by atoms with Crippen molar-refractivity contribution in [3.63, 3.8) is 0 Å². The summed E-state index contributed by atoms with van der Waals surface area (Å²) in [5.41, 5.74) is 0.982. The number of nitrogens with one attached hydrogen (secondary N) is 2. The number of anilines is 1. The van der Waals surface area contributed by atoms with Crippen molar-refractivity contribution in [1.29, 1.82) is 0 Å². The number of nitrogens with zero attached hydrogens (tertiary/aromatic N) is 2. The highest BCUT2D eigenvalue weighted by Gasteiger charge is 2.56. The molecule has 33 heavy (non-hydrogen) atoms. The van der Waals surface area contributed by atoms with Gasteiger partial charge in [0.2, 0.25) is 5.91 Å². The monoisotopic (exact) mass is 516 g/mol. The number of carbonyl (C=O) groups excluding carboxylic acids is 1. The zero-order valence-electron chi connectivity index (χ0n) is 18.9. The topological polar surface area (TPSA) is 113 Å². The predicted octanol–water partition coefficient (Wildman–Crippen LogP) is 3.43. The SMILES string of the molecule is C[C@@H]1[C@H]2C[C@@H](C[C@H]1Nc1cnn(CC(=O)NC(C(=O)O)c3ccccc3)c(=O)c1Br)C2(C)C. The summed E-state index contributed by atoms with van der Waals surface area (Å²) < 4.78 is 1.34. The van der Waals surface area contributed by atoms with Crippen LogP contribution in [0.1, 0.15) is 45.2 Å². The summed E-state index contributed by atoms with van der Waals surface area (Å²) in [5.74, 6) is 0.0290. The molecular weight excluding hydrogens is 488 g/mol. The van der Waals surface area contributed by atoms with E-state index in [-0.39, 0.29) is 12.6 Å². The van der Waals surface area contributed by atoms with E-state index in [1.54, 1.807) is 36.5 Å². The van der Waals surface area contributed by atoms with E-state index < -0.39 is 23.5 Å².